The number of nitrogens with zero attached hydrogens (tertiary/aromatic N) is 2. The summed E-state index contributed by atoms with van der Waals surface area (Å²) in [6, 6.07) is 4.17. The first-order valence-electron chi connectivity index (χ1n) is 5.29. The predicted octanol–water partition coefficient (Wildman–Crippen LogP) is 0.638. The quantitative estimate of drug-likeness (QED) is 0.789. The fraction of sp³-hybridized carbons (Fsp3) is 0.545. The van der Waals surface area contributed by atoms with Gasteiger partial charge in [0.25, 0.3) is 0 Å². The number of anilines is 1. The summed E-state index contributed by atoms with van der Waals surface area (Å²) in [7, 11) is 1.69. The number of hydrogen-bond acceptors (Lipinski definition) is 4. The smallest absolute Gasteiger partial charge is 0.0884 e. The molecule has 4 heteroatoms. The molecule has 1 aliphatic rings. The fourth-order valence-corrected chi connectivity index (χ4v) is 1.81. The van der Waals surface area contributed by atoms with Crippen LogP contribution in [0.15, 0.2) is 18.3 Å². The van der Waals surface area contributed by atoms with Gasteiger partial charge in [-0.1, -0.05) is 0 Å². The van der Waals surface area contributed by atoms with Crippen molar-refractivity contribution in [3.05, 3.63) is 24.0 Å². The number of ether oxygens (including phenoxy) is 1. The molecule has 0 amide bonds. The van der Waals surface area contributed by atoms with Gasteiger partial charge in [-0.15, -0.1) is 0 Å². The first-order chi connectivity index (χ1) is 7.40. The summed E-state index contributed by atoms with van der Waals surface area (Å²) in [5.74, 6) is 0. The second-order valence-corrected chi connectivity index (χ2v) is 3.68. The molecule has 1 N–H and O–H groups in total. The van der Waals surface area contributed by atoms with Crippen molar-refractivity contribution in [1.29, 1.82) is 0 Å². The van der Waals surface area contributed by atoms with Crippen LogP contribution in [0.3, 0.4) is 0 Å². The molecule has 82 valence electrons. The summed E-state index contributed by atoms with van der Waals surface area (Å²) in [5, 5.41) is 3.34. The van der Waals surface area contributed by atoms with Crippen LogP contribution >= 0.6 is 0 Å². The summed E-state index contributed by atoms with van der Waals surface area (Å²) in [5.41, 5.74) is 2.24. The maximum absolute atomic E-state index is 5.08. The fourth-order valence-electron chi connectivity index (χ4n) is 1.81. The first kappa shape index (κ1) is 10.4. The van der Waals surface area contributed by atoms with E-state index in [-0.39, 0.29) is 0 Å². The van der Waals surface area contributed by atoms with Gasteiger partial charge in [0, 0.05) is 45.2 Å². The molecule has 1 aliphatic heterocycles. The lowest BCUT2D eigenvalue weighted by molar-refractivity contribution is 0.181. The third kappa shape index (κ3) is 2.67. The van der Waals surface area contributed by atoms with Crippen LogP contribution in [-0.2, 0) is 11.3 Å². The molecule has 0 radical (unpaired) electrons. The Labute approximate surface area is 90.3 Å². The van der Waals surface area contributed by atoms with Gasteiger partial charge < -0.3 is 15.0 Å². The number of methoxy groups -OCH3 is 1. The van der Waals surface area contributed by atoms with Crippen LogP contribution in [0.1, 0.15) is 5.69 Å². The molecule has 0 saturated carbocycles. The molecule has 1 aromatic rings. The van der Waals surface area contributed by atoms with Crippen molar-refractivity contribution < 1.29 is 4.74 Å². The van der Waals surface area contributed by atoms with Gasteiger partial charge in [-0.05, 0) is 12.1 Å². The Morgan fingerprint density at radius 2 is 2.27 bits per heavy atom. The van der Waals surface area contributed by atoms with Crippen molar-refractivity contribution in [2.45, 2.75) is 6.61 Å². The van der Waals surface area contributed by atoms with E-state index in [1.165, 1.54) is 5.69 Å². The average molecular weight is 207 g/mol. The summed E-state index contributed by atoms with van der Waals surface area (Å²) in [6.45, 7) is 4.83. The van der Waals surface area contributed by atoms with Crippen LogP contribution in [0.25, 0.3) is 0 Å². The lowest BCUT2D eigenvalue weighted by Crippen LogP contribution is -2.43. The SMILES string of the molecule is COCc1cc(N2CCNCC2)ccn1. The molecule has 1 saturated heterocycles. The van der Waals surface area contributed by atoms with Gasteiger partial charge in [0.05, 0.1) is 12.3 Å². The molecule has 4 nitrogen and oxygen atoms in total. The minimum atomic E-state index is 0.583. The summed E-state index contributed by atoms with van der Waals surface area (Å²) in [6.07, 6.45) is 1.85. The lowest BCUT2D eigenvalue weighted by Gasteiger charge is -2.29. The molecule has 1 fully saturated rings. The van der Waals surface area contributed by atoms with Crippen molar-refractivity contribution in [2.24, 2.45) is 0 Å². The van der Waals surface area contributed by atoms with Gasteiger partial charge >= 0.3 is 0 Å². The van der Waals surface area contributed by atoms with E-state index in [9.17, 15) is 0 Å². The second-order valence-electron chi connectivity index (χ2n) is 3.68. The highest BCUT2D eigenvalue weighted by molar-refractivity contribution is 5.46. The van der Waals surface area contributed by atoms with Crippen molar-refractivity contribution in [2.75, 3.05) is 38.2 Å². The Hall–Kier alpha value is -1.13. The Morgan fingerprint density at radius 1 is 1.47 bits per heavy atom. The van der Waals surface area contributed by atoms with Gasteiger partial charge in [-0.3, -0.25) is 4.98 Å². The van der Waals surface area contributed by atoms with Crippen LogP contribution in [0, 0.1) is 0 Å². The molecule has 0 aromatic carbocycles. The summed E-state index contributed by atoms with van der Waals surface area (Å²) < 4.78 is 5.08. The van der Waals surface area contributed by atoms with E-state index in [1.54, 1.807) is 7.11 Å². The van der Waals surface area contributed by atoms with Gasteiger partial charge in [0.15, 0.2) is 0 Å². The van der Waals surface area contributed by atoms with E-state index < -0.39 is 0 Å². The third-order valence-corrected chi connectivity index (χ3v) is 2.57. The standard InChI is InChI=1S/C11H17N3O/c1-15-9-10-8-11(2-3-13-10)14-6-4-12-5-7-14/h2-3,8,12H,4-7,9H2,1H3. The van der Waals surface area contributed by atoms with E-state index >= 15 is 0 Å². The second kappa shape index (κ2) is 5.09. The highest BCUT2D eigenvalue weighted by Crippen LogP contribution is 2.15. The third-order valence-electron chi connectivity index (χ3n) is 2.57. The molecule has 0 bridgehead atoms. The van der Waals surface area contributed by atoms with Crippen LogP contribution in [-0.4, -0.2) is 38.3 Å². The summed E-state index contributed by atoms with van der Waals surface area (Å²) in [4.78, 5) is 6.63. The number of rotatable bonds is 3. The zero-order valence-corrected chi connectivity index (χ0v) is 9.07. The lowest BCUT2D eigenvalue weighted by atomic mass is 10.2. The van der Waals surface area contributed by atoms with Gasteiger partial charge in [0.2, 0.25) is 0 Å². The maximum Gasteiger partial charge on any atom is 0.0884 e. The molecule has 2 heterocycles. The molecule has 0 aliphatic carbocycles. The predicted molar refractivity (Wildman–Crippen MR) is 60.0 cm³/mol. The van der Waals surface area contributed by atoms with Crippen molar-refractivity contribution in [1.82, 2.24) is 10.3 Å². The number of hydrogen-bond donors (Lipinski definition) is 1. The monoisotopic (exact) mass is 207 g/mol. The molecule has 0 spiro atoms. The minimum Gasteiger partial charge on any atom is -0.378 e. The number of nitrogens with one attached hydrogen (secondary N) is 1. The van der Waals surface area contributed by atoms with Crippen LogP contribution < -0.4 is 10.2 Å². The van der Waals surface area contributed by atoms with Gasteiger partial charge in [-0.25, -0.2) is 0 Å². The number of piperazine rings is 1. The Bertz CT molecular complexity index is 310. The topological polar surface area (TPSA) is 37.4 Å². The van der Waals surface area contributed by atoms with E-state index in [1.807, 2.05) is 6.20 Å². The van der Waals surface area contributed by atoms with Gasteiger partial charge in [-0.2, -0.15) is 0 Å². The van der Waals surface area contributed by atoms with E-state index in [0.29, 0.717) is 6.61 Å². The summed E-state index contributed by atoms with van der Waals surface area (Å²) >= 11 is 0. The Balaban J connectivity index is 2.09. The van der Waals surface area contributed by atoms with Crippen molar-refractivity contribution in [3.8, 4) is 0 Å². The maximum atomic E-state index is 5.08. The molecule has 2 rings (SSSR count). The van der Waals surface area contributed by atoms with E-state index in [4.69, 9.17) is 4.74 Å². The highest BCUT2D eigenvalue weighted by atomic mass is 16.5. The van der Waals surface area contributed by atoms with Crippen LogP contribution in [0.5, 0.6) is 0 Å². The first-order valence-corrected chi connectivity index (χ1v) is 5.29. The largest absolute Gasteiger partial charge is 0.378 e. The molecule has 1 aromatic heterocycles. The average Bonchev–Trinajstić information content (AvgIpc) is 2.31. The normalized spacial score (nSPS) is 16.7. The Morgan fingerprint density at radius 3 is 3.00 bits per heavy atom. The highest BCUT2D eigenvalue weighted by Gasteiger charge is 2.10. The number of aromatic nitrogens is 1. The van der Waals surface area contributed by atoms with E-state index in [2.05, 4.69) is 27.3 Å². The minimum absolute atomic E-state index is 0.583. The molecular weight excluding hydrogens is 190 g/mol. The molecule has 15 heavy (non-hydrogen) atoms. The van der Waals surface area contributed by atoms with Crippen LogP contribution in [0.2, 0.25) is 0 Å². The number of pyridine rings is 1. The molecular formula is C11H17N3O. The zero-order chi connectivity index (χ0) is 10.5. The molecule has 0 atom stereocenters. The van der Waals surface area contributed by atoms with Crippen LogP contribution in [0.4, 0.5) is 5.69 Å². The zero-order valence-electron chi connectivity index (χ0n) is 9.07. The van der Waals surface area contributed by atoms with Gasteiger partial charge in [0.1, 0.15) is 0 Å². The Kier molecular flexibility index (Phi) is 3.53. The van der Waals surface area contributed by atoms with Crippen molar-refractivity contribution >= 4 is 5.69 Å². The van der Waals surface area contributed by atoms with Crippen molar-refractivity contribution in [3.63, 3.8) is 0 Å². The van der Waals surface area contributed by atoms with E-state index in [0.717, 1.165) is 31.9 Å². The molecule has 0 unspecified atom stereocenters.